The summed E-state index contributed by atoms with van der Waals surface area (Å²) in [6, 6.07) is 15.9. The second-order valence-corrected chi connectivity index (χ2v) is 6.14. The smallest absolute Gasteiger partial charge is 0.339 e. The van der Waals surface area contributed by atoms with Crippen molar-refractivity contribution >= 4 is 22.7 Å². The maximum atomic E-state index is 12.0. The molecular formula is C17H17NO4S. The first-order chi connectivity index (χ1) is 11.1. The molecule has 0 bridgehead atoms. The van der Waals surface area contributed by atoms with E-state index >= 15 is 0 Å². The standard InChI is InChI=1S/C17H17NO4S/c1-23(21)15-10-6-5-9-14(15)17(20)22-12-16(19)18-11-13-7-3-2-4-8-13/h2-10H,11-12H2,1H3,(H,18,19)/t23-/m1/s1. The summed E-state index contributed by atoms with van der Waals surface area (Å²) in [6.07, 6.45) is 1.48. The van der Waals surface area contributed by atoms with E-state index < -0.39 is 22.7 Å². The number of nitrogens with one attached hydrogen (secondary N) is 1. The summed E-state index contributed by atoms with van der Waals surface area (Å²) >= 11 is 0. The third-order valence-electron chi connectivity index (χ3n) is 3.08. The first kappa shape index (κ1) is 16.9. The lowest BCUT2D eigenvalue weighted by atomic mass is 10.2. The summed E-state index contributed by atoms with van der Waals surface area (Å²) in [5, 5.41) is 2.67. The highest BCUT2D eigenvalue weighted by Gasteiger charge is 2.15. The first-order valence-corrected chi connectivity index (χ1v) is 8.54. The number of rotatable bonds is 6. The molecule has 120 valence electrons. The van der Waals surface area contributed by atoms with Gasteiger partial charge in [0.1, 0.15) is 0 Å². The van der Waals surface area contributed by atoms with Gasteiger partial charge >= 0.3 is 5.97 Å². The van der Waals surface area contributed by atoms with E-state index in [0.29, 0.717) is 11.4 Å². The molecule has 0 saturated carbocycles. The Labute approximate surface area is 137 Å². The topological polar surface area (TPSA) is 72.5 Å². The summed E-state index contributed by atoms with van der Waals surface area (Å²) in [5.74, 6) is -1.05. The SMILES string of the molecule is C[S@@](=O)c1ccccc1C(=O)OCC(=O)NCc1ccccc1. The van der Waals surface area contributed by atoms with E-state index in [4.69, 9.17) is 4.74 Å². The molecule has 0 aliphatic rings. The average molecular weight is 331 g/mol. The van der Waals surface area contributed by atoms with E-state index in [1.54, 1.807) is 18.2 Å². The Morgan fingerprint density at radius 3 is 2.39 bits per heavy atom. The number of ether oxygens (including phenoxy) is 1. The number of carbonyl (C=O) groups excluding carboxylic acids is 2. The summed E-state index contributed by atoms with van der Waals surface area (Å²) in [4.78, 5) is 24.1. The third-order valence-corrected chi connectivity index (χ3v) is 4.06. The predicted octanol–water partition coefficient (Wildman–Crippen LogP) is 1.90. The molecule has 2 rings (SSSR count). The third kappa shape index (κ3) is 5.03. The van der Waals surface area contributed by atoms with E-state index in [0.717, 1.165) is 5.56 Å². The average Bonchev–Trinajstić information content (AvgIpc) is 2.58. The Balaban J connectivity index is 1.87. The van der Waals surface area contributed by atoms with Crippen LogP contribution in [0.3, 0.4) is 0 Å². The normalized spacial score (nSPS) is 11.5. The molecule has 0 heterocycles. The zero-order chi connectivity index (χ0) is 16.7. The van der Waals surface area contributed by atoms with E-state index in [1.807, 2.05) is 30.3 Å². The molecule has 0 aliphatic heterocycles. The molecule has 2 aromatic rings. The van der Waals surface area contributed by atoms with Crippen molar-refractivity contribution in [3.8, 4) is 0 Å². The molecule has 23 heavy (non-hydrogen) atoms. The number of amides is 1. The number of hydrogen-bond acceptors (Lipinski definition) is 4. The summed E-state index contributed by atoms with van der Waals surface area (Å²) in [5.41, 5.74) is 1.17. The van der Waals surface area contributed by atoms with Crippen molar-refractivity contribution in [2.75, 3.05) is 12.9 Å². The van der Waals surface area contributed by atoms with Gasteiger partial charge in [0.25, 0.3) is 5.91 Å². The lowest BCUT2D eigenvalue weighted by molar-refractivity contribution is -0.124. The maximum Gasteiger partial charge on any atom is 0.339 e. The Bertz CT molecular complexity index is 716. The van der Waals surface area contributed by atoms with Gasteiger partial charge in [0.2, 0.25) is 0 Å². The molecule has 1 amide bonds. The van der Waals surface area contributed by atoms with Crippen molar-refractivity contribution in [3.05, 3.63) is 65.7 Å². The lowest BCUT2D eigenvalue weighted by Crippen LogP contribution is -2.28. The van der Waals surface area contributed by atoms with Crippen LogP contribution in [0.4, 0.5) is 0 Å². The summed E-state index contributed by atoms with van der Waals surface area (Å²) in [6.45, 7) is -0.0108. The van der Waals surface area contributed by atoms with Crippen molar-refractivity contribution in [1.29, 1.82) is 0 Å². The maximum absolute atomic E-state index is 12.0. The van der Waals surface area contributed by atoms with E-state index in [9.17, 15) is 13.8 Å². The highest BCUT2D eigenvalue weighted by molar-refractivity contribution is 7.84. The van der Waals surface area contributed by atoms with Gasteiger partial charge in [-0.2, -0.15) is 0 Å². The Kier molecular flexibility index (Phi) is 6.05. The second kappa shape index (κ2) is 8.24. The predicted molar refractivity (Wildman–Crippen MR) is 87.3 cm³/mol. The quantitative estimate of drug-likeness (QED) is 0.821. The molecule has 6 heteroatoms. The van der Waals surface area contributed by atoms with Crippen molar-refractivity contribution in [1.82, 2.24) is 5.32 Å². The summed E-state index contributed by atoms with van der Waals surface area (Å²) in [7, 11) is -1.31. The van der Waals surface area contributed by atoms with Crippen LogP contribution in [0, 0.1) is 0 Å². The van der Waals surface area contributed by atoms with E-state index in [-0.39, 0.29) is 12.2 Å². The number of benzene rings is 2. The first-order valence-electron chi connectivity index (χ1n) is 6.98. The van der Waals surface area contributed by atoms with Crippen LogP contribution in [0.15, 0.2) is 59.5 Å². The van der Waals surface area contributed by atoms with Gasteiger partial charge in [-0.15, -0.1) is 0 Å². The van der Waals surface area contributed by atoms with Crippen molar-refractivity contribution in [3.63, 3.8) is 0 Å². The van der Waals surface area contributed by atoms with Gasteiger partial charge in [0, 0.05) is 12.8 Å². The fourth-order valence-corrected chi connectivity index (χ4v) is 2.67. The van der Waals surface area contributed by atoms with Crippen LogP contribution in [0.1, 0.15) is 15.9 Å². The van der Waals surface area contributed by atoms with Crippen LogP contribution in [0.25, 0.3) is 0 Å². The van der Waals surface area contributed by atoms with Gasteiger partial charge in [0.05, 0.1) is 21.3 Å². The van der Waals surface area contributed by atoms with Gasteiger partial charge < -0.3 is 10.1 Å². The highest BCUT2D eigenvalue weighted by atomic mass is 32.2. The number of carbonyl (C=O) groups is 2. The molecule has 1 atom stereocenters. The van der Waals surface area contributed by atoms with Crippen LogP contribution in [0.5, 0.6) is 0 Å². The molecule has 5 nitrogen and oxygen atoms in total. The molecular weight excluding hydrogens is 314 g/mol. The minimum Gasteiger partial charge on any atom is -0.452 e. The molecule has 0 unspecified atom stereocenters. The van der Waals surface area contributed by atoms with Gasteiger partial charge in [-0.25, -0.2) is 4.79 Å². The van der Waals surface area contributed by atoms with Crippen molar-refractivity contribution in [2.45, 2.75) is 11.4 Å². The molecule has 0 spiro atoms. The molecule has 0 saturated heterocycles. The van der Waals surface area contributed by atoms with Crippen LogP contribution < -0.4 is 5.32 Å². The lowest BCUT2D eigenvalue weighted by Gasteiger charge is -2.08. The Morgan fingerprint density at radius 1 is 1.04 bits per heavy atom. The fraction of sp³-hybridized carbons (Fsp3) is 0.176. The van der Waals surface area contributed by atoms with Crippen LogP contribution in [-0.2, 0) is 26.9 Å². The fourth-order valence-electron chi connectivity index (χ4n) is 1.94. The molecule has 0 aliphatic carbocycles. The van der Waals surface area contributed by atoms with Crippen LogP contribution in [-0.4, -0.2) is 28.9 Å². The molecule has 0 aromatic heterocycles. The Morgan fingerprint density at radius 2 is 1.70 bits per heavy atom. The zero-order valence-electron chi connectivity index (χ0n) is 12.7. The van der Waals surface area contributed by atoms with E-state index in [1.165, 1.54) is 12.3 Å². The number of hydrogen-bond donors (Lipinski definition) is 1. The monoisotopic (exact) mass is 331 g/mol. The zero-order valence-corrected chi connectivity index (χ0v) is 13.5. The summed E-state index contributed by atoms with van der Waals surface area (Å²) < 4.78 is 16.6. The molecule has 0 fully saturated rings. The Hall–Kier alpha value is -2.47. The highest BCUT2D eigenvalue weighted by Crippen LogP contribution is 2.13. The number of esters is 1. The van der Waals surface area contributed by atoms with Gasteiger partial charge in [-0.3, -0.25) is 9.00 Å². The minimum absolute atomic E-state index is 0.212. The van der Waals surface area contributed by atoms with Crippen LogP contribution in [0.2, 0.25) is 0 Å². The van der Waals surface area contributed by atoms with Crippen molar-refractivity contribution in [2.24, 2.45) is 0 Å². The van der Waals surface area contributed by atoms with E-state index in [2.05, 4.69) is 5.32 Å². The van der Waals surface area contributed by atoms with Crippen molar-refractivity contribution < 1.29 is 18.5 Å². The minimum atomic E-state index is -1.31. The van der Waals surface area contributed by atoms with Gasteiger partial charge in [-0.1, -0.05) is 42.5 Å². The largest absolute Gasteiger partial charge is 0.452 e. The molecule has 0 radical (unpaired) electrons. The second-order valence-electron chi connectivity index (χ2n) is 4.79. The van der Waals surface area contributed by atoms with Gasteiger partial charge in [-0.05, 0) is 17.7 Å². The molecule has 1 N–H and O–H groups in total. The van der Waals surface area contributed by atoms with Crippen LogP contribution >= 0.6 is 0 Å². The van der Waals surface area contributed by atoms with Gasteiger partial charge in [0.15, 0.2) is 6.61 Å². The molecule has 2 aromatic carbocycles.